The lowest BCUT2D eigenvalue weighted by Crippen LogP contribution is -2.01. The molecule has 6 nitrogen and oxygen atoms in total. The maximum atomic E-state index is 11.7. The molecule has 2 aromatic carbocycles. The fraction of sp³-hybridized carbons (Fsp3) is 0.0769. The van der Waals surface area contributed by atoms with Crippen molar-refractivity contribution in [1.82, 2.24) is 0 Å². The quantitative estimate of drug-likeness (QED) is 0.639. The van der Waals surface area contributed by atoms with Gasteiger partial charge in [-0.2, -0.15) is 0 Å². The SMILES string of the molecule is CS(=O)(=O)c1cc([N+](=O)[O-])ccc1Oc1ccccc1. The molecule has 2 aromatic rings. The van der Waals surface area contributed by atoms with Crippen LogP contribution in [-0.4, -0.2) is 19.6 Å². The molecule has 0 aliphatic rings. The van der Waals surface area contributed by atoms with Crippen molar-refractivity contribution in [2.24, 2.45) is 0 Å². The summed E-state index contributed by atoms with van der Waals surface area (Å²) in [6, 6.07) is 12.1. The second-order valence-electron chi connectivity index (χ2n) is 4.08. The van der Waals surface area contributed by atoms with E-state index >= 15 is 0 Å². The molecule has 0 aromatic heterocycles. The minimum atomic E-state index is -3.64. The predicted octanol–water partition coefficient (Wildman–Crippen LogP) is 2.79. The number of benzene rings is 2. The summed E-state index contributed by atoms with van der Waals surface area (Å²) in [5.74, 6) is 0.510. The van der Waals surface area contributed by atoms with Crippen LogP contribution < -0.4 is 4.74 Å². The third kappa shape index (κ3) is 3.12. The summed E-state index contributed by atoms with van der Waals surface area (Å²) in [5.41, 5.74) is -0.300. The fourth-order valence-electron chi connectivity index (χ4n) is 1.60. The van der Waals surface area contributed by atoms with Gasteiger partial charge in [-0.1, -0.05) is 18.2 Å². The summed E-state index contributed by atoms with van der Waals surface area (Å²) in [6.07, 6.45) is 0.976. The Labute approximate surface area is 115 Å². The van der Waals surface area contributed by atoms with Crippen LogP contribution in [0.25, 0.3) is 0 Å². The van der Waals surface area contributed by atoms with Crippen LogP contribution >= 0.6 is 0 Å². The number of sulfone groups is 1. The van der Waals surface area contributed by atoms with Crippen LogP contribution in [0.2, 0.25) is 0 Å². The Bertz CT molecular complexity index is 741. The highest BCUT2D eigenvalue weighted by Crippen LogP contribution is 2.31. The molecule has 0 heterocycles. The van der Waals surface area contributed by atoms with Crippen molar-refractivity contribution in [3.8, 4) is 11.5 Å². The molecule has 2 rings (SSSR count). The summed E-state index contributed by atoms with van der Waals surface area (Å²) in [4.78, 5) is 9.86. The molecule has 0 amide bonds. The second-order valence-corrected chi connectivity index (χ2v) is 6.06. The Hall–Kier alpha value is -2.41. The number of nitro groups is 1. The van der Waals surface area contributed by atoms with Crippen LogP contribution in [0.3, 0.4) is 0 Å². The summed E-state index contributed by atoms with van der Waals surface area (Å²) in [7, 11) is -3.64. The van der Waals surface area contributed by atoms with E-state index in [2.05, 4.69) is 0 Å². The highest BCUT2D eigenvalue weighted by molar-refractivity contribution is 7.90. The maximum absolute atomic E-state index is 11.7. The van der Waals surface area contributed by atoms with E-state index in [1.165, 1.54) is 12.1 Å². The van der Waals surface area contributed by atoms with Crippen LogP contribution in [0.15, 0.2) is 53.4 Å². The maximum Gasteiger partial charge on any atom is 0.271 e. The van der Waals surface area contributed by atoms with E-state index in [9.17, 15) is 18.5 Å². The number of hydrogen-bond donors (Lipinski definition) is 0. The summed E-state index contributed by atoms with van der Waals surface area (Å²) < 4.78 is 28.9. The first-order valence-electron chi connectivity index (χ1n) is 5.59. The van der Waals surface area contributed by atoms with Crippen molar-refractivity contribution in [2.45, 2.75) is 4.90 Å². The van der Waals surface area contributed by atoms with Gasteiger partial charge in [0.2, 0.25) is 0 Å². The lowest BCUT2D eigenvalue weighted by Gasteiger charge is -2.09. The Balaban J connectivity index is 2.50. The molecule has 0 saturated heterocycles. The van der Waals surface area contributed by atoms with Gasteiger partial charge in [-0.25, -0.2) is 8.42 Å². The smallest absolute Gasteiger partial charge is 0.271 e. The van der Waals surface area contributed by atoms with Gasteiger partial charge in [-0.15, -0.1) is 0 Å². The zero-order valence-electron chi connectivity index (χ0n) is 10.5. The molecule has 0 aliphatic heterocycles. The summed E-state index contributed by atoms with van der Waals surface area (Å²) >= 11 is 0. The molecule has 0 unspecified atom stereocenters. The van der Waals surface area contributed by atoms with E-state index in [0.717, 1.165) is 12.3 Å². The number of nitrogens with zero attached hydrogens (tertiary/aromatic N) is 1. The Morgan fingerprint density at radius 2 is 1.75 bits per heavy atom. The first-order valence-corrected chi connectivity index (χ1v) is 7.48. The van der Waals surface area contributed by atoms with Gasteiger partial charge in [0.25, 0.3) is 5.69 Å². The van der Waals surface area contributed by atoms with Crippen molar-refractivity contribution in [3.05, 3.63) is 58.6 Å². The molecule has 0 aliphatic carbocycles. The molecule has 0 fully saturated rings. The first-order chi connectivity index (χ1) is 9.38. The van der Waals surface area contributed by atoms with Gasteiger partial charge in [0.15, 0.2) is 9.84 Å². The molecule has 0 radical (unpaired) electrons. The molecular formula is C13H11NO5S. The van der Waals surface area contributed by atoms with E-state index < -0.39 is 14.8 Å². The normalized spacial score (nSPS) is 11.1. The molecule has 104 valence electrons. The molecular weight excluding hydrogens is 282 g/mol. The average Bonchev–Trinajstić information content (AvgIpc) is 2.39. The highest BCUT2D eigenvalue weighted by atomic mass is 32.2. The average molecular weight is 293 g/mol. The Morgan fingerprint density at radius 3 is 2.30 bits per heavy atom. The molecule has 0 atom stereocenters. The van der Waals surface area contributed by atoms with Crippen molar-refractivity contribution in [2.75, 3.05) is 6.26 Å². The fourth-order valence-corrected chi connectivity index (χ4v) is 2.41. The third-order valence-electron chi connectivity index (χ3n) is 2.51. The van der Waals surface area contributed by atoms with Gasteiger partial charge in [0, 0.05) is 18.4 Å². The van der Waals surface area contributed by atoms with Gasteiger partial charge in [0.05, 0.1) is 4.92 Å². The van der Waals surface area contributed by atoms with Gasteiger partial charge < -0.3 is 4.74 Å². The lowest BCUT2D eigenvalue weighted by atomic mass is 10.3. The summed E-state index contributed by atoms with van der Waals surface area (Å²) in [6.45, 7) is 0. The predicted molar refractivity (Wildman–Crippen MR) is 72.7 cm³/mol. The molecule has 20 heavy (non-hydrogen) atoms. The van der Waals surface area contributed by atoms with E-state index in [0.29, 0.717) is 5.75 Å². The molecule has 0 N–H and O–H groups in total. The number of non-ortho nitro benzene ring substituents is 1. The first kappa shape index (κ1) is 14.0. The van der Waals surface area contributed by atoms with Gasteiger partial charge in [-0.3, -0.25) is 10.1 Å². The standard InChI is InChI=1S/C13H11NO5S/c1-20(17,18)13-9-10(14(15)16)7-8-12(13)19-11-5-3-2-4-6-11/h2-9H,1H3. The Morgan fingerprint density at radius 1 is 1.10 bits per heavy atom. The van der Waals surface area contributed by atoms with Crippen LogP contribution in [-0.2, 0) is 9.84 Å². The topological polar surface area (TPSA) is 86.5 Å². The monoisotopic (exact) mass is 293 g/mol. The van der Waals surface area contributed by atoms with Crippen LogP contribution in [0.1, 0.15) is 0 Å². The molecule has 0 bridgehead atoms. The minimum Gasteiger partial charge on any atom is -0.456 e. The second kappa shape index (κ2) is 5.30. The number of hydrogen-bond acceptors (Lipinski definition) is 5. The van der Waals surface area contributed by atoms with Crippen molar-refractivity contribution >= 4 is 15.5 Å². The van der Waals surface area contributed by atoms with Crippen LogP contribution in [0.5, 0.6) is 11.5 Å². The highest BCUT2D eigenvalue weighted by Gasteiger charge is 2.19. The van der Waals surface area contributed by atoms with E-state index in [1.54, 1.807) is 30.3 Å². The lowest BCUT2D eigenvalue weighted by molar-refractivity contribution is -0.385. The number of rotatable bonds is 4. The number of ether oxygens (including phenoxy) is 1. The van der Waals surface area contributed by atoms with Crippen molar-refractivity contribution in [3.63, 3.8) is 0 Å². The van der Waals surface area contributed by atoms with Gasteiger partial charge in [-0.05, 0) is 18.2 Å². The molecule has 0 spiro atoms. The number of para-hydroxylation sites is 1. The van der Waals surface area contributed by atoms with Gasteiger partial charge >= 0.3 is 0 Å². The zero-order valence-corrected chi connectivity index (χ0v) is 11.3. The zero-order chi connectivity index (χ0) is 14.8. The molecule has 7 heteroatoms. The van der Waals surface area contributed by atoms with E-state index in [-0.39, 0.29) is 16.3 Å². The summed E-state index contributed by atoms with van der Waals surface area (Å²) in [5, 5.41) is 10.7. The largest absolute Gasteiger partial charge is 0.456 e. The number of nitro benzene ring substituents is 1. The van der Waals surface area contributed by atoms with E-state index in [1.807, 2.05) is 0 Å². The third-order valence-corrected chi connectivity index (χ3v) is 3.63. The van der Waals surface area contributed by atoms with E-state index in [4.69, 9.17) is 4.74 Å². The molecule has 0 saturated carbocycles. The van der Waals surface area contributed by atoms with Crippen molar-refractivity contribution < 1.29 is 18.1 Å². The Kier molecular flexibility index (Phi) is 3.71. The van der Waals surface area contributed by atoms with Crippen molar-refractivity contribution in [1.29, 1.82) is 0 Å². The minimum absolute atomic E-state index is 0.0595. The van der Waals surface area contributed by atoms with Crippen LogP contribution in [0, 0.1) is 10.1 Å². The van der Waals surface area contributed by atoms with Gasteiger partial charge in [0.1, 0.15) is 16.4 Å². The van der Waals surface area contributed by atoms with Crippen LogP contribution in [0.4, 0.5) is 5.69 Å².